The maximum Gasteiger partial charge on any atom is 0.230 e. The molecule has 0 aromatic carbocycles. The number of oxazole rings is 1. The highest BCUT2D eigenvalue weighted by Gasteiger charge is 2.21. The van der Waals surface area contributed by atoms with Crippen molar-refractivity contribution in [3.63, 3.8) is 0 Å². The number of carbonyl (C=O) groups excluding carboxylic acids is 2. The van der Waals surface area contributed by atoms with Gasteiger partial charge in [0, 0.05) is 13.1 Å². The molecular weight excluding hydrogens is 196 g/mol. The average molecular weight is 208 g/mol. The second-order valence-corrected chi connectivity index (χ2v) is 3.56. The Bertz CT molecular complexity index is 353. The number of likely N-dealkylation sites (tertiary alicyclic amines) is 1. The molecule has 1 saturated heterocycles. The van der Waals surface area contributed by atoms with Crippen molar-refractivity contribution in [3.8, 4) is 0 Å². The van der Waals surface area contributed by atoms with Gasteiger partial charge in [-0.05, 0) is 12.8 Å². The molecular formula is C10H12N2O3. The van der Waals surface area contributed by atoms with Gasteiger partial charge in [-0.15, -0.1) is 0 Å². The Morgan fingerprint density at radius 3 is 2.73 bits per heavy atom. The van der Waals surface area contributed by atoms with Crippen molar-refractivity contribution in [2.75, 3.05) is 13.1 Å². The van der Waals surface area contributed by atoms with Gasteiger partial charge in [0.15, 0.2) is 12.2 Å². The van der Waals surface area contributed by atoms with E-state index in [0.29, 0.717) is 0 Å². The molecule has 5 nitrogen and oxygen atoms in total. The van der Waals surface area contributed by atoms with Crippen molar-refractivity contribution in [1.82, 2.24) is 9.88 Å². The van der Waals surface area contributed by atoms with E-state index in [1.807, 2.05) is 0 Å². The van der Waals surface area contributed by atoms with Gasteiger partial charge < -0.3 is 9.32 Å². The molecule has 5 heteroatoms. The summed E-state index contributed by atoms with van der Waals surface area (Å²) < 4.78 is 4.69. The van der Waals surface area contributed by atoms with Crippen LogP contribution in [0.25, 0.3) is 0 Å². The normalized spacial score (nSPS) is 15.6. The summed E-state index contributed by atoms with van der Waals surface area (Å²) in [4.78, 5) is 28.5. The molecule has 1 aromatic heterocycles. The quantitative estimate of drug-likeness (QED) is 0.546. The van der Waals surface area contributed by atoms with E-state index < -0.39 is 0 Å². The van der Waals surface area contributed by atoms with Crippen molar-refractivity contribution in [1.29, 1.82) is 0 Å². The largest absolute Gasteiger partial charge is 0.451 e. The molecule has 0 radical (unpaired) electrons. The number of ketones is 1. The summed E-state index contributed by atoms with van der Waals surface area (Å²) in [7, 11) is 0. The fourth-order valence-electron chi connectivity index (χ4n) is 1.66. The van der Waals surface area contributed by atoms with E-state index in [2.05, 4.69) is 9.40 Å². The van der Waals surface area contributed by atoms with Crippen LogP contribution in [0.15, 0.2) is 17.1 Å². The minimum Gasteiger partial charge on any atom is -0.451 e. The maximum absolute atomic E-state index is 11.6. The van der Waals surface area contributed by atoms with E-state index in [9.17, 15) is 9.59 Å². The average Bonchev–Trinajstić information content (AvgIpc) is 2.91. The molecule has 0 N–H and O–H groups in total. The van der Waals surface area contributed by atoms with E-state index in [-0.39, 0.29) is 23.8 Å². The topological polar surface area (TPSA) is 63.4 Å². The standard InChI is InChI=1S/C10H12N2O3/c13-9(8-6-15-7-11-8)5-10(14)12-3-1-2-4-12/h6-7H,1-5H2. The maximum atomic E-state index is 11.6. The van der Waals surface area contributed by atoms with Crippen LogP contribution in [0.1, 0.15) is 29.8 Å². The zero-order chi connectivity index (χ0) is 10.7. The first-order chi connectivity index (χ1) is 7.27. The molecule has 15 heavy (non-hydrogen) atoms. The van der Waals surface area contributed by atoms with Crippen molar-refractivity contribution >= 4 is 11.7 Å². The highest BCUT2D eigenvalue weighted by atomic mass is 16.3. The lowest BCUT2D eigenvalue weighted by molar-refractivity contribution is -0.129. The fourth-order valence-corrected chi connectivity index (χ4v) is 1.66. The smallest absolute Gasteiger partial charge is 0.230 e. The summed E-state index contributed by atoms with van der Waals surface area (Å²) >= 11 is 0. The van der Waals surface area contributed by atoms with Gasteiger partial charge in [0.1, 0.15) is 12.0 Å². The lowest BCUT2D eigenvalue weighted by atomic mass is 10.2. The molecule has 0 atom stereocenters. The number of amides is 1. The Hall–Kier alpha value is -1.65. The van der Waals surface area contributed by atoms with Gasteiger partial charge in [0.2, 0.25) is 5.91 Å². The van der Waals surface area contributed by atoms with Crippen molar-refractivity contribution in [3.05, 3.63) is 18.4 Å². The molecule has 80 valence electrons. The Labute approximate surface area is 87.1 Å². The third-order valence-corrected chi connectivity index (χ3v) is 2.49. The van der Waals surface area contributed by atoms with Gasteiger partial charge in [-0.2, -0.15) is 0 Å². The second kappa shape index (κ2) is 4.25. The molecule has 0 bridgehead atoms. The van der Waals surface area contributed by atoms with Crippen LogP contribution >= 0.6 is 0 Å². The summed E-state index contributed by atoms with van der Waals surface area (Å²) in [6, 6.07) is 0. The highest BCUT2D eigenvalue weighted by Crippen LogP contribution is 2.10. The molecule has 1 amide bonds. The van der Waals surface area contributed by atoms with Crippen LogP contribution in [-0.4, -0.2) is 34.7 Å². The molecule has 1 aromatic rings. The molecule has 1 fully saturated rings. The zero-order valence-electron chi connectivity index (χ0n) is 8.31. The number of hydrogen-bond donors (Lipinski definition) is 0. The number of carbonyl (C=O) groups is 2. The van der Waals surface area contributed by atoms with Crippen LogP contribution in [-0.2, 0) is 4.79 Å². The van der Waals surface area contributed by atoms with E-state index in [4.69, 9.17) is 0 Å². The Morgan fingerprint density at radius 1 is 1.40 bits per heavy atom. The van der Waals surface area contributed by atoms with Crippen LogP contribution in [0.2, 0.25) is 0 Å². The van der Waals surface area contributed by atoms with Gasteiger partial charge >= 0.3 is 0 Å². The minimum absolute atomic E-state index is 0.105. The summed E-state index contributed by atoms with van der Waals surface area (Å²) in [6.07, 6.45) is 4.41. The third kappa shape index (κ3) is 2.23. The predicted octanol–water partition coefficient (Wildman–Crippen LogP) is 0.870. The zero-order valence-corrected chi connectivity index (χ0v) is 8.31. The molecule has 1 aliphatic rings. The molecule has 0 unspecified atom stereocenters. The van der Waals surface area contributed by atoms with E-state index in [0.717, 1.165) is 25.9 Å². The van der Waals surface area contributed by atoms with Crippen molar-refractivity contribution in [2.45, 2.75) is 19.3 Å². The van der Waals surface area contributed by atoms with Crippen LogP contribution in [0.3, 0.4) is 0 Å². The lowest BCUT2D eigenvalue weighted by Crippen LogP contribution is -2.29. The number of aromatic nitrogens is 1. The Morgan fingerprint density at radius 2 is 2.13 bits per heavy atom. The first-order valence-corrected chi connectivity index (χ1v) is 4.96. The number of Topliss-reactive ketones (excluding diaryl/α,β-unsaturated/α-hetero) is 1. The van der Waals surface area contributed by atoms with Crippen molar-refractivity contribution < 1.29 is 14.0 Å². The van der Waals surface area contributed by atoms with Gasteiger partial charge in [-0.3, -0.25) is 9.59 Å². The SMILES string of the molecule is O=C(CC(=O)N1CCCC1)c1cocn1. The second-order valence-electron chi connectivity index (χ2n) is 3.56. The van der Waals surface area contributed by atoms with Gasteiger partial charge in [-0.25, -0.2) is 4.98 Å². The minimum atomic E-state index is -0.277. The van der Waals surface area contributed by atoms with Crippen molar-refractivity contribution in [2.24, 2.45) is 0 Å². The van der Waals surface area contributed by atoms with Gasteiger partial charge in [0.05, 0.1) is 6.42 Å². The highest BCUT2D eigenvalue weighted by molar-refractivity contribution is 6.06. The van der Waals surface area contributed by atoms with Crippen LogP contribution < -0.4 is 0 Å². The summed E-state index contributed by atoms with van der Waals surface area (Å²) in [5, 5.41) is 0. The first kappa shape index (κ1) is 9.89. The van der Waals surface area contributed by atoms with Gasteiger partial charge in [0.25, 0.3) is 0 Å². The molecule has 2 heterocycles. The Balaban J connectivity index is 1.91. The molecule has 2 rings (SSSR count). The summed E-state index contributed by atoms with van der Waals surface area (Å²) in [5.41, 5.74) is 0.225. The predicted molar refractivity (Wildman–Crippen MR) is 51.3 cm³/mol. The number of rotatable bonds is 3. The van der Waals surface area contributed by atoms with Crippen LogP contribution in [0, 0.1) is 0 Å². The van der Waals surface area contributed by atoms with E-state index in [1.165, 1.54) is 12.7 Å². The number of hydrogen-bond acceptors (Lipinski definition) is 4. The molecule has 0 spiro atoms. The molecule has 0 saturated carbocycles. The number of nitrogens with zero attached hydrogens (tertiary/aromatic N) is 2. The molecule has 0 aliphatic carbocycles. The van der Waals surface area contributed by atoms with Gasteiger partial charge in [-0.1, -0.05) is 0 Å². The fraction of sp³-hybridized carbons (Fsp3) is 0.500. The lowest BCUT2D eigenvalue weighted by Gasteiger charge is -2.13. The van der Waals surface area contributed by atoms with E-state index >= 15 is 0 Å². The third-order valence-electron chi connectivity index (χ3n) is 2.49. The summed E-state index contributed by atoms with van der Waals surface area (Å²) in [5.74, 6) is -0.388. The van der Waals surface area contributed by atoms with E-state index in [1.54, 1.807) is 4.90 Å². The monoisotopic (exact) mass is 208 g/mol. The Kier molecular flexibility index (Phi) is 2.80. The first-order valence-electron chi connectivity index (χ1n) is 4.96. The summed E-state index contributed by atoms with van der Waals surface area (Å²) in [6.45, 7) is 1.54. The van der Waals surface area contributed by atoms with Crippen LogP contribution in [0.5, 0.6) is 0 Å². The van der Waals surface area contributed by atoms with Crippen LogP contribution in [0.4, 0.5) is 0 Å². The molecule has 1 aliphatic heterocycles.